The number of carbonyl (C=O) groups excluding carboxylic acids is 1. The summed E-state index contributed by atoms with van der Waals surface area (Å²) >= 11 is 0. The van der Waals surface area contributed by atoms with Gasteiger partial charge in [-0.1, -0.05) is 6.92 Å². The van der Waals surface area contributed by atoms with Crippen molar-refractivity contribution in [3.63, 3.8) is 0 Å². The summed E-state index contributed by atoms with van der Waals surface area (Å²) < 4.78 is 38.1. The van der Waals surface area contributed by atoms with Gasteiger partial charge in [-0.3, -0.25) is 9.78 Å². The number of fused-ring (bicyclic) bond motifs is 1. The first kappa shape index (κ1) is 20.3. The Hall–Kier alpha value is -3.62. The van der Waals surface area contributed by atoms with Crippen molar-refractivity contribution in [2.75, 3.05) is 13.1 Å². The van der Waals surface area contributed by atoms with Gasteiger partial charge in [-0.2, -0.15) is 0 Å². The van der Waals surface area contributed by atoms with Crippen LogP contribution in [0.1, 0.15) is 35.9 Å². The van der Waals surface area contributed by atoms with Crippen molar-refractivity contribution in [2.24, 2.45) is 0 Å². The van der Waals surface area contributed by atoms with Crippen LogP contribution in [-0.4, -0.2) is 45.0 Å². The van der Waals surface area contributed by atoms with E-state index in [-0.39, 0.29) is 31.8 Å². The van der Waals surface area contributed by atoms with Gasteiger partial charge < -0.3 is 13.7 Å². The predicted molar refractivity (Wildman–Crippen MR) is 112 cm³/mol. The Kier molecular flexibility index (Phi) is 4.96. The summed E-state index contributed by atoms with van der Waals surface area (Å²) in [5.74, 6) is -1.82. The number of aryl methyl sites for hydroxylation is 1. The molecule has 0 radical (unpaired) electrons. The lowest BCUT2D eigenvalue weighted by Gasteiger charge is -2.31. The highest BCUT2D eigenvalue weighted by molar-refractivity contribution is 5.96. The number of likely N-dealkylation sites (tertiary alicyclic amines) is 1. The maximum Gasteiger partial charge on any atom is 0.255 e. The maximum absolute atomic E-state index is 13.4. The number of alkyl halides is 2. The standard InChI is InChI=1S/C23H20F2N4O3/c1-2-17-10-16-9-15(11-18(20(16)32-17)21-28-27-13-31-21)19-4-3-14(12-26-19)22(30)29-7-5-23(24,25)6-8-29/h3-4,9-13H,2,5-8H2,1H3. The van der Waals surface area contributed by atoms with E-state index in [4.69, 9.17) is 8.83 Å². The van der Waals surface area contributed by atoms with Crippen molar-refractivity contribution in [3.8, 4) is 22.7 Å². The molecule has 1 aliphatic rings. The predicted octanol–water partition coefficient (Wildman–Crippen LogP) is 4.98. The summed E-state index contributed by atoms with van der Waals surface area (Å²) in [6.07, 6.45) is 2.85. The normalized spacial score (nSPS) is 15.9. The minimum Gasteiger partial charge on any atom is -0.460 e. The fraction of sp³-hybridized carbons (Fsp3) is 0.304. The molecule has 0 bridgehead atoms. The molecule has 0 unspecified atom stereocenters. The van der Waals surface area contributed by atoms with Gasteiger partial charge in [0.25, 0.3) is 17.7 Å². The van der Waals surface area contributed by atoms with Crippen molar-refractivity contribution in [2.45, 2.75) is 32.1 Å². The summed E-state index contributed by atoms with van der Waals surface area (Å²) in [6.45, 7) is 2.09. The summed E-state index contributed by atoms with van der Waals surface area (Å²) in [4.78, 5) is 18.6. The molecule has 4 heterocycles. The lowest BCUT2D eigenvalue weighted by molar-refractivity contribution is -0.0494. The van der Waals surface area contributed by atoms with Crippen LogP contribution in [0, 0.1) is 0 Å². The Morgan fingerprint density at radius 3 is 2.66 bits per heavy atom. The Bertz CT molecular complexity index is 1260. The van der Waals surface area contributed by atoms with Gasteiger partial charge in [-0.05, 0) is 30.3 Å². The second-order valence-corrected chi connectivity index (χ2v) is 7.83. The lowest BCUT2D eigenvalue weighted by atomic mass is 10.0. The molecule has 1 aromatic carbocycles. The van der Waals surface area contributed by atoms with Gasteiger partial charge >= 0.3 is 0 Å². The van der Waals surface area contributed by atoms with Crippen molar-refractivity contribution < 1.29 is 22.4 Å². The van der Waals surface area contributed by atoms with E-state index in [1.165, 1.54) is 17.5 Å². The Balaban J connectivity index is 1.46. The molecule has 0 spiro atoms. The number of amides is 1. The fourth-order valence-electron chi connectivity index (χ4n) is 3.89. The Labute approximate surface area is 182 Å². The molecule has 1 saturated heterocycles. The van der Waals surface area contributed by atoms with Crippen LogP contribution in [0.4, 0.5) is 8.78 Å². The molecule has 7 nitrogen and oxygen atoms in total. The number of halogens is 2. The number of benzene rings is 1. The van der Waals surface area contributed by atoms with Crippen molar-refractivity contribution in [1.29, 1.82) is 0 Å². The zero-order valence-electron chi connectivity index (χ0n) is 17.3. The molecule has 0 N–H and O–H groups in total. The third-order valence-corrected chi connectivity index (χ3v) is 5.69. The molecular weight excluding hydrogens is 418 g/mol. The minimum absolute atomic E-state index is 0.0397. The van der Waals surface area contributed by atoms with E-state index in [2.05, 4.69) is 15.2 Å². The molecule has 32 heavy (non-hydrogen) atoms. The molecule has 1 aliphatic heterocycles. The van der Waals surface area contributed by atoms with Crippen LogP contribution in [0.2, 0.25) is 0 Å². The summed E-state index contributed by atoms with van der Waals surface area (Å²) in [5.41, 5.74) is 3.13. The van der Waals surface area contributed by atoms with E-state index in [1.807, 2.05) is 25.1 Å². The number of nitrogens with zero attached hydrogens (tertiary/aromatic N) is 4. The first-order valence-electron chi connectivity index (χ1n) is 10.4. The molecule has 1 amide bonds. The van der Waals surface area contributed by atoms with E-state index in [1.54, 1.807) is 12.1 Å². The summed E-state index contributed by atoms with van der Waals surface area (Å²) in [7, 11) is 0. The first-order valence-corrected chi connectivity index (χ1v) is 10.4. The molecule has 0 aliphatic carbocycles. The summed E-state index contributed by atoms with van der Waals surface area (Å²) in [5, 5.41) is 8.64. The Morgan fingerprint density at radius 1 is 1.19 bits per heavy atom. The molecule has 4 aromatic rings. The largest absolute Gasteiger partial charge is 0.460 e. The van der Waals surface area contributed by atoms with Crippen LogP contribution >= 0.6 is 0 Å². The number of piperidine rings is 1. The zero-order chi connectivity index (χ0) is 22.3. The van der Waals surface area contributed by atoms with Crippen LogP contribution in [0.15, 0.2) is 51.8 Å². The second kappa shape index (κ2) is 7.81. The highest BCUT2D eigenvalue weighted by atomic mass is 19.3. The van der Waals surface area contributed by atoms with Gasteiger partial charge in [0.1, 0.15) is 11.3 Å². The highest BCUT2D eigenvalue weighted by Gasteiger charge is 2.35. The van der Waals surface area contributed by atoms with Gasteiger partial charge in [0, 0.05) is 49.5 Å². The van der Waals surface area contributed by atoms with E-state index >= 15 is 0 Å². The number of pyridine rings is 1. The minimum atomic E-state index is -2.70. The average Bonchev–Trinajstić information content (AvgIpc) is 3.48. The molecule has 1 fully saturated rings. The van der Waals surface area contributed by atoms with Gasteiger partial charge in [0.2, 0.25) is 6.39 Å². The molecule has 164 valence electrons. The summed E-state index contributed by atoms with van der Waals surface area (Å²) in [6, 6.07) is 9.18. The quantitative estimate of drug-likeness (QED) is 0.447. The number of rotatable bonds is 4. The zero-order valence-corrected chi connectivity index (χ0v) is 17.3. The lowest BCUT2D eigenvalue weighted by Crippen LogP contribution is -2.42. The monoisotopic (exact) mass is 438 g/mol. The molecule has 9 heteroatoms. The van der Waals surface area contributed by atoms with Crippen molar-refractivity contribution in [3.05, 3.63) is 54.2 Å². The van der Waals surface area contributed by atoms with Crippen LogP contribution in [-0.2, 0) is 6.42 Å². The fourth-order valence-corrected chi connectivity index (χ4v) is 3.89. The van der Waals surface area contributed by atoms with E-state index < -0.39 is 5.92 Å². The third-order valence-electron chi connectivity index (χ3n) is 5.69. The number of carbonyl (C=O) groups is 1. The number of hydrogen-bond donors (Lipinski definition) is 0. The molecular formula is C23H20F2N4O3. The number of aromatic nitrogens is 3. The number of furan rings is 1. The van der Waals surface area contributed by atoms with Crippen LogP contribution in [0.3, 0.4) is 0 Å². The van der Waals surface area contributed by atoms with Crippen LogP contribution in [0.25, 0.3) is 33.7 Å². The van der Waals surface area contributed by atoms with Gasteiger partial charge in [0.15, 0.2) is 0 Å². The molecule has 3 aromatic heterocycles. The van der Waals surface area contributed by atoms with Crippen molar-refractivity contribution >= 4 is 16.9 Å². The molecule has 5 rings (SSSR count). The van der Waals surface area contributed by atoms with E-state index in [9.17, 15) is 13.6 Å². The van der Waals surface area contributed by atoms with Crippen LogP contribution in [0.5, 0.6) is 0 Å². The van der Waals surface area contributed by atoms with E-state index in [0.29, 0.717) is 28.3 Å². The van der Waals surface area contributed by atoms with Gasteiger partial charge in [-0.15, -0.1) is 10.2 Å². The maximum atomic E-state index is 13.4. The molecule has 0 saturated carbocycles. The van der Waals surface area contributed by atoms with Gasteiger partial charge in [0.05, 0.1) is 16.8 Å². The average molecular weight is 438 g/mol. The third kappa shape index (κ3) is 3.74. The SMILES string of the molecule is CCc1cc2cc(-c3ccc(C(=O)N4CCC(F)(F)CC4)cn3)cc(-c3nnco3)c2o1. The van der Waals surface area contributed by atoms with Crippen molar-refractivity contribution in [1.82, 2.24) is 20.1 Å². The second-order valence-electron chi connectivity index (χ2n) is 7.83. The van der Waals surface area contributed by atoms with Gasteiger partial charge in [-0.25, -0.2) is 8.78 Å². The highest BCUT2D eigenvalue weighted by Crippen LogP contribution is 2.35. The van der Waals surface area contributed by atoms with Crippen LogP contribution < -0.4 is 0 Å². The smallest absolute Gasteiger partial charge is 0.255 e. The first-order chi connectivity index (χ1) is 15.4. The molecule has 0 atom stereocenters. The Morgan fingerprint density at radius 2 is 2.00 bits per heavy atom. The number of hydrogen-bond acceptors (Lipinski definition) is 6. The van der Waals surface area contributed by atoms with E-state index in [0.717, 1.165) is 23.1 Å². The topological polar surface area (TPSA) is 85.3 Å².